The van der Waals surface area contributed by atoms with Crippen LogP contribution in [0.4, 0.5) is 32.0 Å². The van der Waals surface area contributed by atoms with E-state index in [-0.39, 0.29) is 42.1 Å². The van der Waals surface area contributed by atoms with Crippen molar-refractivity contribution in [2.75, 3.05) is 4.72 Å². The molecule has 0 radical (unpaired) electrons. The third-order valence-corrected chi connectivity index (χ3v) is 6.02. The molecule has 13 heteroatoms. The summed E-state index contributed by atoms with van der Waals surface area (Å²) in [6, 6.07) is 5.47. The Hall–Kier alpha value is -3.09. The van der Waals surface area contributed by atoms with Crippen LogP contribution in [-0.2, 0) is 27.2 Å². The van der Waals surface area contributed by atoms with E-state index in [1.807, 2.05) is 4.72 Å². The predicted molar refractivity (Wildman–Crippen MR) is 102 cm³/mol. The number of nitrogens with zero attached hydrogens (tertiary/aromatic N) is 1. The van der Waals surface area contributed by atoms with Crippen molar-refractivity contribution < 1.29 is 39.6 Å². The van der Waals surface area contributed by atoms with Gasteiger partial charge in [0.15, 0.2) is 0 Å². The smallest absolute Gasteiger partial charge is 0.280 e. The Balaban J connectivity index is 1.95. The Labute approximate surface area is 178 Å². The van der Waals surface area contributed by atoms with Gasteiger partial charge < -0.3 is 0 Å². The Morgan fingerprint density at radius 3 is 2.16 bits per heavy atom. The Morgan fingerprint density at radius 1 is 1.00 bits per heavy atom. The summed E-state index contributed by atoms with van der Waals surface area (Å²) in [4.78, 5) is 9.79. The number of carbonyl (C=O) groups is 1. The van der Waals surface area contributed by atoms with Gasteiger partial charge in [0.2, 0.25) is 5.91 Å². The number of sulfonamides is 1. The summed E-state index contributed by atoms with van der Waals surface area (Å²) in [6.45, 7) is 1.75. The van der Waals surface area contributed by atoms with Crippen molar-refractivity contribution in [3.8, 4) is 0 Å². The minimum absolute atomic E-state index is 0.0549. The van der Waals surface area contributed by atoms with Gasteiger partial charge in [0, 0.05) is 18.0 Å². The second-order valence-electron chi connectivity index (χ2n) is 7.03. The molecular weight excluding hydrogens is 464 g/mol. The first kappa shape index (κ1) is 23.6. The van der Waals surface area contributed by atoms with Crippen LogP contribution >= 0.6 is 0 Å². The molecule has 1 atom stereocenters. The summed E-state index contributed by atoms with van der Waals surface area (Å²) in [5.41, 5.74) is -0.0883. The lowest BCUT2D eigenvalue weighted by molar-refractivity contribution is -0.143. The van der Waals surface area contributed by atoms with Crippen LogP contribution in [0.1, 0.15) is 30.0 Å². The number of rotatable bonds is 4. The lowest BCUT2D eigenvalue weighted by Crippen LogP contribution is -2.31. The second kappa shape index (κ2) is 8.11. The highest BCUT2D eigenvalue weighted by atomic mass is 32.2. The van der Waals surface area contributed by atoms with E-state index in [1.165, 1.54) is 24.3 Å². The fourth-order valence-corrected chi connectivity index (χ4v) is 4.39. The lowest BCUT2D eigenvalue weighted by Gasteiger charge is -2.19. The third-order valence-electron chi connectivity index (χ3n) is 4.60. The highest BCUT2D eigenvalue weighted by molar-refractivity contribution is 7.92. The summed E-state index contributed by atoms with van der Waals surface area (Å²) < 4.78 is 106. The molecule has 2 aromatic rings. The van der Waals surface area contributed by atoms with Crippen LogP contribution in [0.2, 0.25) is 0 Å². The molecule has 1 heterocycles. The molecular formula is C19H15F6N3O3S. The van der Waals surface area contributed by atoms with E-state index in [0.29, 0.717) is 11.3 Å². The Kier molecular flexibility index (Phi) is 5.98. The minimum Gasteiger partial charge on any atom is -0.280 e. The number of anilines is 1. The highest BCUT2D eigenvalue weighted by Crippen LogP contribution is 2.38. The average molecular weight is 479 g/mol. The second-order valence-corrected chi connectivity index (χ2v) is 8.68. The van der Waals surface area contributed by atoms with E-state index >= 15 is 0 Å². The van der Waals surface area contributed by atoms with Gasteiger partial charge in [-0.2, -0.15) is 31.4 Å². The standard InChI is InChI=1S/C19H15F6N3O3S/c1-10-8-16(29)26-27-17(10)11-2-5-13(6-3-11)28-32(30,31)15-9-12(18(20,21)22)4-7-14(15)19(23,24)25/h2-7,9-10,28H,8H2,1H3,(H,26,29)/t10-/m1/s1. The molecule has 1 aliphatic rings. The van der Waals surface area contributed by atoms with Crippen molar-refractivity contribution in [2.45, 2.75) is 30.6 Å². The first-order valence-electron chi connectivity index (χ1n) is 8.96. The highest BCUT2D eigenvalue weighted by Gasteiger charge is 2.40. The van der Waals surface area contributed by atoms with Gasteiger partial charge in [-0.25, -0.2) is 13.8 Å². The first-order valence-corrected chi connectivity index (χ1v) is 10.4. The van der Waals surface area contributed by atoms with Gasteiger partial charge >= 0.3 is 12.4 Å². The van der Waals surface area contributed by atoms with Crippen LogP contribution in [0, 0.1) is 5.92 Å². The molecule has 0 aromatic heterocycles. The molecule has 0 unspecified atom stereocenters. The normalized spacial score (nSPS) is 17.5. The van der Waals surface area contributed by atoms with Crippen LogP contribution in [0.25, 0.3) is 0 Å². The van der Waals surface area contributed by atoms with Crippen LogP contribution < -0.4 is 10.1 Å². The van der Waals surface area contributed by atoms with Crippen molar-refractivity contribution in [3.05, 3.63) is 59.2 Å². The largest absolute Gasteiger partial charge is 0.417 e. The van der Waals surface area contributed by atoms with Gasteiger partial charge in [0.25, 0.3) is 10.0 Å². The maximum absolute atomic E-state index is 13.3. The monoisotopic (exact) mass is 479 g/mol. The van der Waals surface area contributed by atoms with Crippen LogP contribution in [0.15, 0.2) is 52.5 Å². The zero-order valence-electron chi connectivity index (χ0n) is 16.2. The van der Waals surface area contributed by atoms with Gasteiger partial charge in [-0.1, -0.05) is 19.1 Å². The molecule has 32 heavy (non-hydrogen) atoms. The number of hydrazone groups is 1. The van der Waals surface area contributed by atoms with Crippen molar-refractivity contribution in [1.82, 2.24) is 5.43 Å². The molecule has 6 nitrogen and oxygen atoms in total. The van der Waals surface area contributed by atoms with E-state index in [4.69, 9.17) is 0 Å². The molecule has 0 bridgehead atoms. The number of hydrogen-bond donors (Lipinski definition) is 2. The molecule has 0 fully saturated rings. The summed E-state index contributed by atoms with van der Waals surface area (Å²) in [5, 5.41) is 3.93. The molecule has 0 saturated carbocycles. The summed E-state index contributed by atoms with van der Waals surface area (Å²) in [7, 11) is -5.02. The zero-order chi connectivity index (χ0) is 23.9. The van der Waals surface area contributed by atoms with Crippen molar-refractivity contribution in [3.63, 3.8) is 0 Å². The SMILES string of the molecule is C[C@@H]1CC(=O)NN=C1c1ccc(NS(=O)(=O)c2cc(C(F)(F)F)ccc2C(F)(F)F)cc1. The third kappa shape index (κ3) is 5.03. The van der Waals surface area contributed by atoms with Gasteiger partial charge in [0.1, 0.15) is 4.90 Å². The van der Waals surface area contributed by atoms with E-state index in [0.717, 1.165) is 0 Å². The average Bonchev–Trinajstić information content (AvgIpc) is 2.67. The van der Waals surface area contributed by atoms with Gasteiger partial charge in [-0.3, -0.25) is 9.52 Å². The molecule has 2 N–H and O–H groups in total. The van der Waals surface area contributed by atoms with Crippen LogP contribution in [0.3, 0.4) is 0 Å². The Morgan fingerprint density at radius 2 is 1.62 bits per heavy atom. The first-order chi connectivity index (χ1) is 14.7. The topological polar surface area (TPSA) is 87.6 Å². The van der Waals surface area contributed by atoms with Crippen molar-refractivity contribution >= 4 is 27.3 Å². The summed E-state index contributed by atoms with van der Waals surface area (Å²) in [5.74, 6) is -0.502. The Bertz CT molecular complexity index is 1170. The maximum Gasteiger partial charge on any atom is 0.417 e. The van der Waals surface area contributed by atoms with E-state index < -0.39 is 38.4 Å². The van der Waals surface area contributed by atoms with E-state index in [1.54, 1.807) is 6.92 Å². The van der Waals surface area contributed by atoms with Gasteiger partial charge in [0.05, 0.1) is 16.8 Å². The molecule has 1 amide bonds. The quantitative estimate of drug-likeness (QED) is 0.638. The molecule has 172 valence electrons. The molecule has 0 saturated heterocycles. The summed E-state index contributed by atoms with van der Waals surface area (Å²) in [6.07, 6.45) is -10.1. The maximum atomic E-state index is 13.3. The lowest BCUT2D eigenvalue weighted by atomic mass is 9.94. The number of hydrogen-bond acceptors (Lipinski definition) is 4. The van der Waals surface area contributed by atoms with Gasteiger partial charge in [-0.15, -0.1) is 0 Å². The number of amides is 1. The van der Waals surface area contributed by atoms with E-state index in [9.17, 15) is 39.6 Å². The molecule has 0 spiro atoms. The molecule has 0 aliphatic carbocycles. The van der Waals surface area contributed by atoms with Gasteiger partial charge in [-0.05, 0) is 35.9 Å². The fraction of sp³-hybridized carbons (Fsp3) is 0.263. The number of alkyl halides is 6. The minimum atomic E-state index is -5.20. The number of nitrogens with one attached hydrogen (secondary N) is 2. The van der Waals surface area contributed by atoms with E-state index in [2.05, 4.69) is 10.5 Å². The summed E-state index contributed by atoms with van der Waals surface area (Å²) >= 11 is 0. The molecule has 1 aliphatic heterocycles. The van der Waals surface area contributed by atoms with Crippen molar-refractivity contribution in [2.24, 2.45) is 11.0 Å². The number of carbonyl (C=O) groups excluding carboxylic acids is 1. The van der Waals surface area contributed by atoms with Crippen molar-refractivity contribution in [1.29, 1.82) is 0 Å². The number of halogens is 6. The van der Waals surface area contributed by atoms with Crippen LogP contribution in [-0.4, -0.2) is 20.0 Å². The predicted octanol–water partition coefficient (Wildman–Crippen LogP) is 4.39. The molecule has 3 rings (SSSR count). The molecule has 2 aromatic carbocycles. The van der Waals surface area contributed by atoms with Crippen LogP contribution in [0.5, 0.6) is 0 Å². The number of benzene rings is 2. The fourth-order valence-electron chi connectivity index (χ4n) is 3.08. The zero-order valence-corrected chi connectivity index (χ0v) is 17.0.